The molecule has 1 saturated carbocycles. The topological polar surface area (TPSA) is 50.7 Å². The highest BCUT2D eigenvalue weighted by molar-refractivity contribution is 5.05. The molecule has 13 heavy (non-hydrogen) atoms. The van der Waals surface area contributed by atoms with Gasteiger partial charge >= 0.3 is 5.69 Å². The van der Waals surface area contributed by atoms with Crippen LogP contribution in [0.3, 0.4) is 0 Å². The van der Waals surface area contributed by atoms with Gasteiger partial charge in [0.1, 0.15) is 5.82 Å². The van der Waals surface area contributed by atoms with Gasteiger partial charge in [0, 0.05) is 11.5 Å². The van der Waals surface area contributed by atoms with Crippen LogP contribution in [0.25, 0.3) is 0 Å². The Hall–Kier alpha value is -1.06. The average Bonchev–Trinajstić information content (AvgIpc) is 2.73. The van der Waals surface area contributed by atoms with Crippen LogP contribution in [0.5, 0.6) is 0 Å². The summed E-state index contributed by atoms with van der Waals surface area (Å²) in [5, 5.41) is 6.60. The van der Waals surface area contributed by atoms with Crippen molar-refractivity contribution in [3.8, 4) is 0 Å². The normalized spacial score (nSPS) is 17.8. The van der Waals surface area contributed by atoms with Gasteiger partial charge in [-0.2, -0.15) is 5.10 Å². The molecule has 1 aliphatic rings. The van der Waals surface area contributed by atoms with Gasteiger partial charge in [0.05, 0.1) is 0 Å². The molecule has 1 heterocycles. The lowest BCUT2D eigenvalue weighted by Gasteiger charge is -2.17. The summed E-state index contributed by atoms with van der Waals surface area (Å²) < 4.78 is 1.81. The van der Waals surface area contributed by atoms with Crippen LogP contribution in [-0.4, -0.2) is 14.8 Å². The number of hydrogen-bond donors (Lipinski definition) is 1. The molecule has 72 valence electrons. The third-order valence-electron chi connectivity index (χ3n) is 2.29. The zero-order chi connectivity index (χ0) is 9.64. The first-order valence-corrected chi connectivity index (χ1v) is 4.67. The molecule has 0 amide bonds. The highest BCUT2D eigenvalue weighted by Gasteiger charge is 2.32. The molecule has 4 heteroatoms. The van der Waals surface area contributed by atoms with Gasteiger partial charge < -0.3 is 0 Å². The van der Waals surface area contributed by atoms with Gasteiger partial charge in [-0.1, -0.05) is 20.8 Å². The number of hydrogen-bond acceptors (Lipinski definition) is 2. The molecule has 1 fully saturated rings. The maximum Gasteiger partial charge on any atom is 0.343 e. The number of nitrogens with zero attached hydrogens (tertiary/aromatic N) is 2. The highest BCUT2D eigenvalue weighted by Crippen LogP contribution is 2.36. The largest absolute Gasteiger partial charge is 0.343 e. The monoisotopic (exact) mass is 181 g/mol. The maximum absolute atomic E-state index is 11.4. The molecule has 2 rings (SSSR count). The van der Waals surface area contributed by atoms with E-state index in [4.69, 9.17) is 0 Å². The van der Waals surface area contributed by atoms with E-state index in [1.54, 1.807) is 4.57 Å². The summed E-state index contributed by atoms with van der Waals surface area (Å²) in [6.07, 6.45) is 2.23. The second kappa shape index (κ2) is 2.47. The van der Waals surface area contributed by atoms with Gasteiger partial charge in [-0.05, 0) is 12.8 Å². The van der Waals surface area contributed by atoms with Crippen LogP contribution in [0.15, 0.2) is 4.79 Å². The Balaban J connectivity index is 2.51. The van der Waals surface area contributed by atoms with Crippen LogP contribution in [0.1, 0.15) is 45.5 Å². The Labute approximate surface area is 77.0 Å². The first-order valence-electron chi connectivity index (χ1n) is 4.67. The molecule has 0 spiro atoms. The van der Waals surface area contributed by atoms with E-state index in [1.165, 1.54) is 0 Å². The van der Waals surface area contributed by atoms with Crippen molar-refractivity contribution in [2.75, 3.05) is 0 Å². The minimum atomic E-state index is -0.0626. The summed E-state index contributed by atoms with van der Waals surface area (Å²) in [5.74, 6) is 0.875. The first kappa shape index (κ1) is 8.53. The molecule has 0 atom stereocenters. The molecule has 0 radical (unpaired) electrons. The van der Waals surface area contributed by atoms with E-state index < -0.39 is 0 Å². The Kier molecular flexibility index (Phi) is 1.62. The Morgan fingerprint density at radius 3 is 2.54 bits per heavy atom. The van der Waals surface area contributed by atoms with E-state index in [2.05, 4.69) is 31.0 Å². The zero-order valence-corrected chi connectivity index (χ0v) is 8.29. The fourth-order valence-electron chi connectivity index (χ4n) is 1.51. The van der Waals surface area contributed by atoms with Crippen molar-refractivity contribution >= 4 is 0 Å². The molecular formula is C9H15N3O. The molecule has 0 bridgehead atoms. The van der Waals surface area contributed by atoms with Crippen LogP contribution in [-0.2, 0) is 5.41 Å². The van der Waals surface area contributed by atoms with Crippen molar-refractivity contribution in [1.82, 2.24) is 14.8 Å². The number of aromatic nitrogens is 3. The van der Waals surface area contributed by atoms with Crippen molar-refractivity contribution in [3.05, 3.63) is 16.3 Å². The summed E-state index contributed by atoms with van der Waals surface area (Å²) in [7, 11) is 0. The van der Waals surface area contributed by atoms with E-state index in [-0.39, 0.29) is 11.1 Å². The van der Waals surface area contributed by atoms with Crippen LogP contribution in [0.4, 0.5) is 0 Å². The van der Waals surface area contributed by atoms with Gasteiger partial charge in [-0.3, -0.25) is 4.57 Å². The Bertz CT molecular complexity index is 365. The van der Waals surface area contributed by atoms with Gasteiger partial charge in [0.15, 0.2) is 0 Å². The molecule has 1 aliphatic carbocycles. The van der Waals surface area contributed by atoms with Crippen molar-refractivity contribution in [1.29, 1.82) is 0 Å². The molecule has 0 aliphatic heterocycles. The van der Waals surface area contributed by atoms with Crippen molar-refractivity contribution in [2.24, 2.45) is 0 Å². The predicted molar refractivity (Wildman–Crippen MR) is 49.8 cm³/mol. The summed E-state index contributed by atoms with van der Waals surface area (Å²) in [6.45, 7) is 6.21. The van der Waals surface area contributed by atoms with Crippen LogP contribution in [0.2, 0.25) is 0 Å². The van der Waals surface area contributed by atoms with Gasteiger partial charge in [0.2, 0.25) is 0 Å². The number of aromatic amines is 1. The quantitative estimate of drug-likeness (QED) is 0.707. The summed E-state index contributed by atoms with van der Waals surface area (Å²) in [6, 6.07) is 0.403. The third-order valence-corrected chi connectivity index (χ3v) is 2.29. The molecule has 1 N–H and O–H groups in total. The first-order chi connectivity index (χ1) is 6.00. The molecule has 1 aromatic heterocycles. The van der Waals surface area contributed by atoms with E-state index in [9.17, 15) is 4.79 Å². The smallest absolute Gasteiger partial charge is 0.276 e. The van der Waals surface area contributed by atoms with Crippen LogP contribution in [0, 0.1) is 0 Å². The van der Waals surface area contributed by atoms with Gasteiger partial charge in [-0.25, -0.2) is 9.89 Å². The van der Waals surface area contributed by atoms with Crippen LogP contribution >= 0.6 is 0 Å². The second-order valence-corrected chi connectivity index (χ2v) is 4.70. The average molecular weight is 181 g/mol. The predicted octanol–water partition coefficient (Wildman–Crippen LogP) is 1.20. The van der Waals surface area contributed by atoms with Crippen LogP contribution < -0.4 is 5.69 Å². The van der Waals surface area contributed by atoms with E-state index in [0.29, 0.717) is 6.04 Å². The molecular weight excluding hydrogens is 166 g/mol. The van der Waals surface area contributed by atoms with E-state index in [0.717, 1.165) is 18.7 Å². The van der Waals surface area contributed by atoms with E-state index in [1.807, 2.05) is 0 Å². The number of nitrogens with one attached hydrogen (secondary N) is 1. The fraction of sp³-hybridized carbons (Fsp3) is 0.778. The molecule has 0 unspecified atom stereocenters. The summed E-state index contributed by atoms with van der Waals surface area (Å²) in [4.78, 5) is 11.4. The van der Waals surface area contributed by atoms with Crippen molar-refractivity contribution < 1.29 is 0 Å². The SMILES string of the molecule is CC(C)(C)c1n[nH]c(=O)n1C1CC1. The maximum atomic E-state index is 11.4. The lowest BCUT2D eigenvalue weighted by molar-refractivity contribution is 0.496. The number of rotatable bonds is 1. The fourth-order valence-corrected chi connectivity index (χ4v) is 1.51. The standard InChI is InChI=1S/C9H15N3O/c1-9(2,3)7-10-11-8(13)12(7)6-4-5-6/h6H,4-5H2,1-3H3,(H,11,13). The second-order valence-electron chi connectivity index (χ2n) is 4.70. The Morgan fingerprint density at radius 1 is 1.46 bits per heavy atom. The minimum absolute atomic E-state index is 0.0538. The van der Waals surface area contributed by atoms with Gasteiger partial charge in [-0.15, -0.1) is 0 Å². The minimum Gasteiger partial charge on any atom is -0.276 e. The van der Waals surface area contributed by atoms with Crippen molar-refractivity contribution in [2.45, 2.75) is 45.1 Å². The third kappa shape index (κ3) is 1.41. The molecule has 0 saturated heterocycles. The molecule has 1 aromatic rings. The molecule has 0 aromatic carbocycles. The molecule has 4 nitrogen and oxygen atoms in total. The van der Waals surface area contributed by atoms with Gasteiger partial charge in [0.25, 0.3) is 0 Å². The summed E-state index contributed by atoms with van der Waals surface area (Å²) in [5.41, 5.74) is -0.116. The number of H-pyrrole nitrogens is 1. The van der Waals surface area contributed by atoms with E-state index >= 15 is 0 Å². The lowest BCUT2D eigenvalue weighted by atomic mass is 9.96. The highest BCUT2D eigenvalue weighted by atomic mass is 16.1. The zero-order valence-electron chi connectivity index (χ0n) is 8.29. The van der Waals surface area contributed by atoms with Crippen molar-refractivity contribution in [3.63, 3.8) is 0 Å². The summed E-state index contributed by atoms with van der Waals surface area (Å²) >= 11 is 0. The Morgan fingerprint density at radius 2 is 2.08 bits per heavy atom. The lowest BCUT2D eigenvalue weighted by Crippen LogP contribution is -2.24.